The number of aromatic nitrogens is 3. The first-order chi connectivity index (χ1) is 8.78. The summed E-state index contributed by atoms with van der Waals surface area (Å²) in [6.07, 6.45) is 1.76. The molecule has 2 N–H and O–H groups in total. The number of nitrogens with two attached hydrogens (primary N) is 1. The van der Waals surface area contributed by atoms with E-state index in [-0.39, 0.29) is 5.92 Å². The molecule has 0 spiro atoms. The van der Waals surface area contributed by atoms with E-state index in [1.165, 1.54) is 0 Å². The van der Waals surface area contributed by atoms with Crippen LogP contribution >= 0.6 is 11.3 Å². The molecule has 1 unspecified atom stereocenters. The van der Waals surface area contributed by atoms with Crippen molar-refractivity contribution in [1.82, 2.24) is 15.1 Å². The fraction of sp³-hybridized carbons (Fsp3) is 0.250. The van der Waals surface area contributed by atoms with Crippen molar-refractivity contribution >= 4 is 21.6 Å². The van der Waals surface area contributed by atoms with Crippen LogP contribution in [0.4, 0.5) is 0 Å². The number of nitrogens with zero attached hydrogens (tertiary/aromatic N) is 3. The van der Waals surface area contributed by atoms with Crippen LogP contribution in [-0.4, -0.2) is 21.7 Å². The van der Waals surface area contributed by atoms with Crippen molar-refractivity contribution in [2.45, 2.75) is 12.8 Å². The molecule has 6 heteroatoms. The molecule has 0 amide bonds. The molecule has 0 aromatic carbocycles. The van der Waals surface area contributed by atoms with Crippen LogP contribution < -0.4 is 5.73 Å². The van der Waals surface area contributed by atoms with Crippen LogP contribution in [0, 0.1) is 0 Å². The van der Waals surface area contributed by atoms with Gasteiger partial charge in [0.2, 0.25) is 11.7 Å². The zero-order valence-corrected chi connectivity index (χ0v) is 10.6. The normalized spacial score (nSPS) is 13.0. The van der Waals surface area contributed by atoms with Gasteiger partial charge >= 0.3 is 0 Å². The monoisotopic (exact) mass is 260 g/mol. The second-order valence-corrected chi connectivity index (χ2v) is 5.07. The van der Waals surface area contributed by atoms with E-state index in [2.05, 4.69) is 15.1 Å². The number of rotatable bonds is 3. The fourth-order valence-corrected chi connectivity index (χ4v) is 2.40. The van der Waals surface area contributed by atoms with Gasteiger partial charge in [-0.3, -0.25) is 4.98 Å². The Morgan fingerprint density at radius 1 is 1.50 bits per heavy atom. The molecule has 0 aliphatic carbocycles. The Labute approximate surface area is 108 Å². The van der Waals surface area contributed by atoms with Crippen LogP contribution in [-0.2, 0) is 0 Å². The quantitative estimate of drug-likeness (QED) is 0.782. The highest BCUT2D eigenvalue weighted by atomic mass is 32.1. The molecule has 0 bridgehead atoms. The Kier molecular flexibility index (Phi) is 2.81. The van der Waals surface area contributed by atoms with Crippen LogP contribution in [0.15, 0.2) is 28.2 Å². The van der Waals surface area contributed by atoms with Crippen LogP contribution in [0.1, 0.15) is 18.7 Å². The third-order valence-electron chi connectivity index (χ3n) is 2.78. The van der Waals surface area contributed by atoms with Gasteiger partial charge in [-0.2, -0.15) is 4.98 Å². The highest BCUT2D eigenvalue weighted by Gasteiger charge is 2.14. The molecule has 0 aliphatic rings. The molecular weight excluding hydrogens is 248 g/mol. The molecule has 3 rings (SSSR count). The Bertz CT molecular complexity index is 675. The molecule has 1 atom stereocenters. The van der Waals surface area contributed by atoms with E-state index in [0.29, 0.717) is 18.3 Å². The standard InChI is InChI=1S/C12H12N4OS/c1-7(5-13)12-15-11(16-17-12)8-4-10-9(14-6-8)2-3-18-10/h2-4,6-7H,5,13H2,1H3. The minimum Gasteiger partial charge on any atom is -0.339 e. The topological polar surface area (TPSA) is 77.8 Å². The van der Waals surface area contributed by atoms with Gasteiger partial charge < -0.3 is 10.3 Å². The summed E-state index contributed by atoms with van der Waals surface area (Å²) in [7, 11) is 0. The van der Waals surface area contributed by atoms with Crippen molar-refractivity contribution in [3.05, 3.63) is 29.6 Å². The average molecular weight is 260 g/mol. The molecule has 3 heterocycles. The van der Waals surface area contributed by atoms with Gasteiger partial charge in [-0.25, -0.2) is 0 Å². The van der Waals surface area contributed by atoms with Gasteiger partial charge in [0.25, 0.3) is 0 Å². The van der Waals surface area contributed by atoms with Gasteiger partial charge in [-0.1, -0.05) is 12.1 Å². The average Bonchev–Trinajstić information content (AvgIpc) is 3.05. The fourth-order valence-electron chi connectivity index (χ4n) is 1.62. The maximum atomic E-state index is 5.57. The van der Waals surface area contributed by atoms with E-state index in [1.807, 2.05) is 24.4 Å². The number of hydrogen-bond donors (Lipinski definition) is 1. The molecule has 5 nitrogen and oxygen atoms in total. The zero-order chi connectivity index (χ0) is 12.5. The van der Waals surface area contributed by atoms with Crippen LogP contribution in [0.2, 0.25) is 0 Å². The Hall–Kier alpha value is -1.79. The number of thiophene rings is 1. The smallest absolute Gasteiger partial charge is 0.231 e. The lowest BCUT2D eigenvalue weighted by Crippen LogP contribution is -2.08. The molecule has 18 heavy (non-hydrogen) atoms. The van der Waals surface area contributed by atoms with Crippen LogP contribution in [0.5, 0.6) is 0 Å². The second-order valence-electron chi connectivity index (χ2n) is 4.12. The van der Waals surface area contributed by atoms with E-state index in [4.69, 9.17) is 10.3 Å². The van der Waals surface area contributed by atoms with E-state index in [0.717, 1.165) is 15.8 Å². The summed E-state index contributed by atoms with van der Waals surface area (Å²) in [4.78, 5) is 8.71. The first-order valence-corrected chi connectivity index (χ1v) is 6.53. The summed E-state index contributed by atoms with van der Waals surface area (Å²) >= 11 is 1.65. The number of fused-ring (bicyclic) bond motifs is 1. The van der Waals surface area contributed by atoms with Crippen LogP contribution in [0.25, 0.3) is 21.6 Å². The molecule has 3 aromatic heterocycles. The molecule has 0 saturated carbocycles. The Morgan fingerprint density at radius 3 is 3.22 bits per heavy atom. The van der Waals surface area contributed by atoms with E-state index in [1.54, 1.807) is 17.5 Å². The predicted molar refractivity (Wildman–Crippen MR) is 70.4 cm³/mol. The molecular formula is C12H12N4OS. The van der Waals surface area contributed by atoms with Crippen molar-refractivity contribution in [2.24, 2.45) is 5.73 Å². The summed E-state index contributed by atoms with van der Waals surface area (Å²) < 4.78 is 6.32. The first kappa shape index (κ1) is 11.3. The van der Waals surface area contributed by atoms with Crippen molar-refractivity contribution in [3.8, 4) is 11.4 Å². The number of hydrogen-bond acceptors (Lipinski definition) is 6. The van der Waals surface area contributed by atoms with Crippen molar-refractivity contribution in [1.29, 1.82) is 0 Å². The maximum absolute atomic E-state index is 5.57. The minimum absolute atomic E-state index is 0.0738. The summed E-state index contributed by atoms with van der Waals surface area (Å²) in [5.74, 6) is 1.21. The lowest BCUT2D eigenvalue weighted by Gasteiger charge is -1.98. The third kappa shape index (κ3) is 1.89. The van der Waals surface area contributed by atoms with Gasteiger partial charge in [0, 0.05) is 24.2 Å². The van der Waals surface area contributed by atoms with Crippen molar-refractivity contribution < 1.29 is 4.52 Å². The highest BCUT2D eigenvalue weighted by molar-refractivity contribution is 7.17. The maximum Gasteiger partial charge on any atom is 0.231 e. The zero-order valence-electron chi connectivity index (χ0n) is 9.83. The molecule has 0 radical (unpaired) electrons. The third-order valence-corrected chi connectivity index (χ3v) is 3.63. The lowest BCUT2D eigenvalue weighted by atomic mass is 10.2. The molecule has 0 saturated heterocycles. The number of pyridine rings is 1. The summed E-state index contributed by atoms with van der Waals surface area (Å²) in [5, 5.41) is 5.98. The molecule has 3 aromatic rings. The summed E-state index contributed by atoms with van der Waals surface area (Å²) in [6, 6.07) is 4.01. The lowest BCUT2D eigenvalue weighted by molar-refractivity contribution is 0.361. The van der Waals surface area contributed by atoms with Gasteiger partial charge in [0.1, 0.15) is 0 Å². The van der Waals surface area contributed by atoms with Crippen molar-refractivity contribution in [3.63, 3.8) is 0 Å². The first-order valence-electron chi connectivity index (χ1n) is 5.65. The second kappa shape index (κ2) is 4.47. The Morgan fingerprint density at radius 2 is 2.39 bits per heavy atom. The predicted octanol–water partition coefficient (Wildman–Crippen LogP) is 2.41. The largest absolute Gasteiger partial charge is 0.339 e. The van der Waals surface area contributed by atoms with E-state index < -0.39 is 0 Å². The van der Waals surface area contributed by atoms with Gasteiger partial charge in [0.05, 0.1) is 10.2 Å². The van der Waals surface area contributed by atoms with Crippen molar-refractivity contribution in [2.75, 3.05) is 6.54 Å². The van der Waals surface area contributed by atoms with Gasteiger partial charge in [0.15, 0.2) is 0 Å². The van der Waals surface area contributed by atoms with Gasteiger partial charge in [-0.05, 0) is 17.5 Å². The molecule has 92 valence electrons. The summed E-state index contributed by atoms with van der Waals surface area (Å²) in [5.41, 5.74) is 7.43. The van der Waals surface area contributed by atoms with E-state index in [9.17, 15) is 0 Å². The minimum atomic E-state index is 0.0738. The van der Waals surface area contributed by atoms with Gasteiger partial charge in [-0.15, -0.1) is 11.3 Å². The molecule has 0 fully saturated rings. The van der Waals surface area contributed by atoms with Crippen LogP contribution in [0.3, 0.4) is 0 Å². The summed E-state index contributed by atoms with van der Waals surface area (Å²) in [6.45, 7) is 2.45. The SMILES string of the molecule is CC(CN)c1nc(-c2cnc3ccsc3c2)no1. The van der Waals surface area contributed by atoms with E-state index >= 15 is 0 Å². The highest BCUT2D eigenvalue weighted by Crippen LogP contribution is 2.25. The molecule has 0 aliphatic heterocycles. The Balaban J connectivity index is 2.00.